The average Bonchev–Trinajstić information content (AvgIpc) is 2.65. The summed E-state index contributed by atoms with van der Waals surface area (Å²) in [5.74, 6) is 1.04. The van der Waals surface area contributed by atoms with E-state index in [1.807, 2.05) is 13.0 Å². The molecule has 0 aromatic carbocycles. The molecule has 82 valence electrons. The number of rotatable bonds is 5. The highest BCUT2D eigenvalue weighted by atomic mass is 32.2. The molecule has 1 N–H and O–H groups in total. The summed E-state index contributed by atoms with van der Waals surface area (Å²) in [4.78, 5) is 0. The van der Waals surface area contributed by atoms with Crippen LogP contribution in [0.25, 0.3) is 0 Å². The lowest BCUT2D eigenvalue weighted by molar-refractivity contribution is 0.474. The first-order chi connectivity index (χ1) is 7.13. The van der Waals surface area contributed by atoms with Crippen LogP contribution in [0.4, 0.5) is 0 Å². The molecule has 1 heterocycles. The van der Waals surface area contributed by atoms with Crippen molar-refractivity contribution in [3.63, 3.8) is 0 Å². The first-order valence-corrected chi connectivity index (χ1v) is 6.27. The fourth-order valence-corrected chi connectivity index (χ4v) is 1.40. The molecule has 0 bridgehead atoms. The van der Waals surface area contributed by atoms with Crippen LogP contribution in [0, 0.1) is 11.3 Å². The van der Waals surface area contributed by atoms with E-state index in [0.29, 0.717) is 18.8 Å². The number of nitriles is 1. The van der Waals surface area contributed by atoms with Gasteiger partial charge in [-0.05, 0) is 19.1 Å². The van der Waals surface area contributed by atoms with Crippen LogP contribution in [0.3, 0.4) is 0 Å². The van der Waals surface area contributed by atoms with E-state index < -0.39 is 10.8 Å². The maximum Gasteiger partial charge on any atom is 0.203 e. The van der Waals surface area contributed by atoms with E-state index in [0.717, 1.165) is 5.76 Å². The Kier molecular flexibility index (Phi) is 4.53. The molecular weight excluding hydrogens is 212 g/mol. The highest BCUT2D eigenvalue weighted by Crippen LogP contribution is 2.05. The summed E-state index contributed by atoms with van der Waals surface area (Å²) in [6, 6.07) is 5.32. The molecule has 1 aromatic rings. The Labute approximate surface area is 91.7 Å². The summed E-state index contributed by atoms with van der Waals surface area (Å²) in [7, 11) is -0.810. The van der Waals surface area contributed by atoms with E-state index in [1.165, 1.54) is 0 Å². The molecule has 4 nitrogen and oxygen atoms in total. The average molecular weight is 226 g/mol. The van der Waals surface area contributed by atoms with Gasteiger partial charge in [-0.25, -0.2) is 0 Å². The third-order valence-corrected chi connectivity index (χ3v) is 3.37. The first-order valence-electron chi connectivity index (χ1n) is 4.65. The number of hydrogen-bond acceptors (Lipinski definition) is 4. The molecule has 1 rings (SSSR count). The Morgan fingerprint density at radius 1 is 1.67 bits per heavy atom. The van der Waals surface area contributed by atoms with E-state index in [1.54, 1.807) is 18.4 Å². The van der Waals surface area contributed by atoms with Gasteiger partial charge >= 0.3 is 0 Å². The molecule has 1 aromatic heterocycles. The SMILES string of the molecule is CC(CNCc1ccc(C#N)o1)S(C)=O. The number of hydrogen-bond donors (Lipinski definition) is 1. The molecule has 15 heavy (non-hydrogen) atoms. The van der Waals surface area contributed by atoms with Crippen LogP contribution < -0.4 is 5.32 Å². The van der Waals surface area contributed by atoms with Crippen LogP contribution in [0.2, 0.25) is 0 Å². The Hall–Kier alpha value is -1.12. The van der Waals surface area contributed by atoms with Crippen molar-refractivity contribution in [2.24, 2.45) is 0 Å². The van der Waals surface area contributed by atoms with E-state index in [4.69, 9.17) is 9.68 Å². The van der Waals surface area contributed by atoms with Crippen molar-refractivity contribution >= 4 is 10.8 Å². The zero-order chi connectivity index (χ0) is 11.3. The summed E-state index contributed by atoms with van der Waals surface area (Å²) < 4.78 is 16.2. The third-order valence-electron chi connectivity index (χ3n) is 2.07. The molecule has 0 fully saturated rings. The predicted octanol–water partition coefficient (Wildman–Crippen LogP) is 1.01. The van der Waals surface area contributed by atoms with Crippen LogP contribution in [0.5, 0.6) is 0 Å². The molecule has 5 heteroatoms. The summed E-state index contributed by atoms with van der Waals surface area (Å²) in [5.41, 5.74) is 0. The minimum absolute atomic E-state index is 0.121. The molecule has 0 radical (unpaired) electrons. The molecule has 2 atom stereocenters. The van der Waals surface area contributed by atoms with Gasteiger partial charge in [0.25, 0.3) is 0 Å². The lowest BCUT2D eigenvalue weighted by Gasteiger charge is -2.08. The van der Waals surface area contributed by atoms with Gasteiger partial charge < -0.3 is 9.73 Å². The van der Waals surface area contributed by atoms with Crippen LogP contribution in [-0.4, -0.2) is 22.3 Å². The lowest BCUT2D eigenvalue weighted by Crippen LogP contribution is -2.26. The van der Waals surface area contributed by atoms with Crippen molar-refractivity contribution in [1.29, 1.82) is 5.26 Å². The van der Waals surface area contributed by atoms with Crippen molar-refractivity contribution in [3.05, 3.63) is 23.7 Å². The second kappa shape index (κ2) is 5.69. The summed E-state index contributed by atoms with van der Waals surface area (Å²) in [6.07, 6.45) is 1.69. The minimum atomic E-state index is -0.810. The molecule has 0 amide bonds. The van der Waals surface area contributed by atoms with Crippen molar-refractivity contribution in [2.75, 3.05) is 12.8 Å². The normalized spacial score (nSPS) is 14.5. The topological polar surface area (TPSA) is 66.0 Å². The van der Waals surface area contributed by atoms with Gasteiger partial charge in [-0.15, -0.1) is 0 Å². The predicted molar refractivity (Wildman–Crippen MR) is 58.7 cm³/mol. The van der Waals surface area contributed by atoms with Gasteiger partial charge in [-0.3, -0.25) is 4.21 Å². The van der Waals surface area contributed by atoms with Gasteiger partial charge in [-0.1, -0.05) is 0 Å². The fourth-order valence-electron chi connectivity index (χ4n) is 1.05. The van der Waals surface area contributed by atoms with Gasteiger partial charge in [0.1, 0.15) is 11.8 Å². The highest BCUT2D eigenvalue weighted by Gasteiger charge is 2.06. The Balaban J connectivity index is 2.32. The van der Waals surface area contributed by atoms with Crippen LogP contribution in [-0.2, 0) is 17.3 Å². The van der Waals surface area contributed by atoms with Crippen molar-refractivity contribution < 1.29 is 8.63 Å². The highest BCUT2D eigenvalue weighted by molar-refractivity contribution is 7.84. The van der Waals surface area contributed by atoms with Crippen molar-refractivity contribution in [2.45, 2.75) is 18.7 Å². The summed E-state index contributed by atoms with van der Waals surface area (Å²) in [5, 5.41) is 11.8. The van der Waals surface area contributed by atoms with Crippen LogP contribution in [0.1, 0.15) is 18.4 Å². The first kappa shape index (κ1) is 12.0. The fraction of sp³-hybridized carbons (Fsp3) is 0.500. The standard InChI is InChI=1S/C10H14N2O2S/c1-8(15(2)13)6-12-7-10-4-3-9(5-11)14-10/h3-4,8,12H,6-7H2,1-2H3. The molecule has 0 saturated carbocycles. The van der Waals surface area contributed by atoms with E-state index in [-0.39, 0.29) is 5.25 Å². The molecule has 0 aliphatic heterocycles. The molecular formula is C10H14N2O2S. The Bertz CT molecular complexity index is 381. The molecule has 0 saturated heterocycles. The second-order valence-electron chi connectivity index (χ2n) is 3.32. The maximum absolute atomic E-state index is 11.0. The monoisotopic (exact) mass is 226 g/mol. The van der Waals surface area contributed by atoms with Gasteiger partial charge in [0.15, 0.2) is 0 Å². The second-order valence-corrected chi connectivity index (χ2v) is 5.12. The summed E-state index contributed by atoms with van der Waals surface area (Å²) in [6.45, 7) is 3.15. The van der Waals surface area contributed by atoms with Gasteiger partial charge in [0, 0.05) is 28.9 Å². The zero-order valence-corrected chi connectivity index (χ0v) is 9.63. The van der Waals surface area contributed by atoms with Crippen LogP contribution >= 0.6 is 0 Å². The number of nitrogens with one attached hydrogen (secondary N) is 1. The molecule has 2 unspecified atom stereocenters. The van der Waals surface area contributed by atoms with Crippen molar-refractivity contribution in [1.82, 2.24) is 5.32 Å². The maximum atomic E-state index is 11.0. The van der Waals surface area contributed by atoms with E-state index in [9.17, 15) is 4.21 Å². The molecule has 0 aliphatic carbocycles. The minimum Gasteiger partial charge on any atom is -0.449 e. The number of nitrogens with zero attached hydrogens (tertiary/aromatic N) is 1. The number of furan rings is 1. The summed E-state index contributed by atoms with van der Waals surface area (Å²) >= 11 is 0. The van der Waals surface area contributed by atoms with E-state index >= 15 is 0 Å². The third kappa shape index (κ3) is 3.86. The van der Waals surface area contributed by atoms with E-state index in [2.05, 4.69) is 5.32 Å². The van der Waals surface area contributed by atoms with Gasteiger partial charge in [0.05, 0.1) is 6.54 Å². The quantitative estimate of drug-likeness (QED) is 0.813. The molecule has 0 aliphatic rings. The Morgan fingerprint density at radius 2 is 2.40 bits per heavy atom. The van der Waals surface area contributed by atoms with Crippen molar-refractivity contribution in [3.8, 4) is 6.07 Å². The van der Waals surface area contributed by atoms with Gasteiger partial charge in [0.2, 0.25) is 5.76 Å². The smallest absolute Gasteiger partial charge is 0.203 e. The molecule has 0 spiro atoms. The van der Waals surface area contributed by atoms with Gasteiger partial charge in [-0.2, -0.15) is 5.26 Å². The Morgan fingerprint density at radius 3 is 2.93 bits per heavy atom. The largest absolute Gasteiger partial charge is 0.449 e. The zero-order valence-electron chi connectivity index (χ0n) is 8.82. The lowest BCUT2D eigenvalue weighted by atomic mass is 10.4. The van der Waals surface area contributed by atoms with Crippen LogP contribution in [0.15, 0.2) is 16.5 Å².